The van der Waals surface area contributed by atoms with Crippen LogP contribution in [-0.4, -0.2) is 31.3 Å². The number of nitrogens with zero attached hydrogens (tertiary/aromatic N) is 2. The van der Waals surface area contributed by atoms with Gasteiger partial charge >= 0.3 is 155 Å². The number of benzene rings is 4. The van der Waals surface area contributed by atoms with Crippen LogP contribution in [0.2, 0.25) is 36.9 Å². The summed E-state index contributed by atoms with van der Waals surface area (Å²) in [4.78, 5) is 9.19. The maximum absolute atomic E-state index is 6.46. The SMILES string of the molecule is CC(C)(C)Cc1ccnc(-c2[c-]ccc3c2oc2cc(-c4cc[c]([Ge]([CH3])([CH3])[CH3])cc4)ccc23)c1.C[Si](C)(C)c1ccc(-c2[c-]cccc2)nc1.[Ir]. The molecule has 0 atom stereocenters. The minimum atomic E-state index is -1.82. The summed E-state index contributed by atoms with van der Waals surface area (Å²) in [6.45, 7) is 13.8. The second kappa shape index (κ2) is 15.6. The van der Waals surface area contributed by atoms with E-state index < -0.39 is 21.3 Å². The Balaban J connectivity index is 0.000000249. The second-order valence-electron chi connectivity index (χ2n) is 16.5. The van der Waals surface area contributed by atoms with Crippen LogP contribution in [0.25, 0.3) is 55.6 Å². The molecular formula is C45H48GeIrN2OSi-2. The Labute approximate surface area is 321 Å². The van der Waals surface area contributed by atoms with Gasteiger partial charge in [-0.05, 0) is 28.8 Å². The van der Waals surface area contributed by atoms with Crippen LogP contribution >= 0.6 is 0 Å². The standard InChI is InChI=1S/C31H32GeNO.C14H16NSi.Ir/c1-31(2,3)20-21-16-17-33-28(18-21)27-9-7-8-26-25-15-12-23(19-29(25)34-30(26)27)22-10-13-24(14-11-22)32(4,5)6;1-16(2,3)13-9-10-14(15-11-13)12-7-5-4-6-8-12;/h7-8,10-19H,20H2,1-6H3;4-7,9-11H,1-3H3;/q2*-1;. The fraction of sp³-hybridized carbons (Fsp3) is 0.244. The fourth-order valence-electron chi connectivity index (χ4n) is 6.16. The molecule has 3 aromatic heterocycles. The fourth-order valence-corrected chi connectivity index (χ4v) is 9.64. The molecule has 7 aromatic rings. The Morgan fingerprint density at radius 2 is 1.47 bits per heavy atom. The van der Waals surface area contributed by atoms with E-state index in [4.69, 9.17) is 4.42 Å². The molecule has 3 nitrogen and oxygen atoms in total. The molecule has 3 heterocycles. The van der Waals surface area contributed by atoms with E-state index in [9.17, 15) is 0 Å². The Bertz CT molecular complexity index is 2230. The molecule has 1 radical (unpaired) electrons. The van der Waals surface area contributed by atoms with Crippen molar-refractivity contribution in [3.63, 3.8) is 0 Å². The zero-order valence-electron chi connectivity index (χ0n) is 31.3. The molecule has 51 heavy (non-hydrogen) atoms. The third kappa shape index (κ3) is 9.44. The van der Waals surface area contributed by atoms with Gasteiger partial charge in [-0.15, -0.1) is 35.9 Å². The van der Waals surface area contributed by atoms with Crippen molar-refractivity contribution in [2.24, 2.45) is 5.41 Å². The first kappa shape index (κ1) is 38.6. The first-order valence-electron chi connectivity index (χ1n) is 17.5. The summed E-state index contributed by atoms with van der Waals surface area (Å²) in [5.74, 6) is 7.28. The quantitative estimate of drug-likeness (QED) is 0.123. The van der Waals surface area contributed by atoms with Gasteiger partial charge in [0.05, 0.1) is 8.07 Å². The van der Waals surface area contributed by atoms with Gasteiger partial charge in [0.25, 0.3) is 0 Å². The van der Waals surface area contributed by atoms with Crippen molar-refractivity contribution >= 4 is 52.9 Å². The molecule has 0 bridgehead atoms. The minimum absolute atomic E-state index is 0. The van der Waals surface area contributed by atoms with Crippen molar-refractivity contribution in [3.05, 3.63) is 133 Å². The van der Waals surface area contributed by atoms with Gasteiger partial charge in [0.15, 0.2) is 0 Å². The topological polar surface area (TPSA) is 38.9 Å². The zero-order valence-corrected chi connectivity index (χ0v) is 36.8. The van der Waals surface area contributed by atoms with Crippen LogP contribution in [0.1, 0.15) is 26.3 Å². The third-order valence-electron chi connectivity index (χ3n) is 8.95. The van der Waals surface area contributed by atoms with Crippen molar-refractivity contribution < 1.29 is 24.5 Å². The van der Waals surface area contributed by atoms with Crippen LogP contribution in [0.5, 0.6) is 0 Å². The average molecular weight is 926 g/mol. The van der Waals surface area contributed by atoms with Crippen LogP contribution < -0.4 is 9.58 Å². The van der Waals surface area contributed by atoms with Crippen molar-refractivity contribution in [1.82, 2.24) is 9.97 Å². The molecule has 0 saturated heterocycles. The molecular weight excluding hydrogens is 877 g/mol. The molecule has 0 saturated carbocycles. The van der Waals surface area contributed by atoms with Gasteiger partial charge in [0.2, 0.25) is 0 Å². The molecule has 263 valence electrons. The number of pyridine rings is 2. The van der Waals surface area contributed by atoms with Gasteiger partial charge in [-0.1, -0.05) is 58.1 Å². The molecule has 6 heteroatoms. The number of hydrogen-bond acceptors (Lipinski definition) is 3. The van der Waals surface area contributed by atoms with Crippen LogP contribution in [-0.2, 0) is 26.5 Å². The van der Waals surface area contributed by atoms with Gasteiger partial charge in [0.1, 0.15) is 0 Å². The smallest absolute Gasteiger partial charge is 0.305 e. The summed E-state index contributed by atoms with van der Waals surface area (Å²) in [5.41, 5.74) is 9.55. The zero-order chi connectivity index (χ0) is 35.7. The van der Waals surface area contributed by atoms with E-state index in [-0.39, 0.29) is 25.5 Å². The molecule has 0 aliphatic heterocycles. The molecule has 0 aliphatic carbocycles. The number of fused-ring (bicyclic) bond motifs is 3. The van der Waals surface area contributed by atoms with Gasteiger partial charge in [-0.3, -0.25) is 0 Å². The van der Waals surface area contributed by atoms with E-state index in [0.29, 0.717) is 0 Å². The Hall–Kier alpha value is -3.61. The Morgan fingerprint density at radius 3 is 2.10 bits per heavy atom. The van der Waals surface area contributed by atoms with E-state index in [1.165, 1.54) is 26.3 Å². The summed E-state index contributed by atoms with van der Waals surface area (Å²) in [6, 6.07) is 42.8. The summed E-state index contributed by atoms with van der Waals surface area (Å²) in [7, 11) is -1.23. The molecule has 7 rings (SSSR count). The van der Waals surface area contributed by atoms with Gasteiger partial charge in [-0.2, -0.15) is 0 Å². The summed E-state index contributed by atoms with van der Waals surface area (Å²) in [5, 5.41) is 3.63. The number of rotatable bonds is 6. The molecule has 0 spiro atoms. The van der Waals surface area contributed by atoms with Crippen LogP contribution in [0.4, 0.5) is 0 Å². The Morgan fingerprint density at radius 1 is 0.725 bits per heavy atom. The normalized spacial score (nSPS) is 11.9. The predicted molar refractivity (Wildman–Crippen MR) is 219 cm³/mol. The summed E-state index contributed by atoms with van der Waals surface area (Å²) in [6.07, 6.45) is 4.91. The van der Waals surface area contributed by atoms with Crippen LogP contribution in [0, 0.1) is 17.5 Å². The predicted octanol–water partition coefficient (Wildman–Crippen LogP) is 11.3. The van der Waals surface area contributed by atoms with Gasteiger partial charge in [0, 0.05) is 32.5 Å². The monoisotopic (exact) mass is 927 g/mol. The number of furan rings is 1. The summed E-state index contributed by atoms with van der Waals surface area (Å²) < 4.78 is 7.98. The number of aromatic nitrogens is 2. The van der Waals surface area contributed by atoms with Crippen molar-refractivity contribution in [1.29, 1.82) is 0 Å². The van der Waals surface area contributed by atoms with E-state index in [1.54, 1.807) is 0 Å². The summed E-state index contributed by atoms with van der Waals surface area (Å²) >= 11 is -1.82. The third-order valence-corrected chi connectivity index (χ3v) is 15.3. The van der Waals surface area contributed by atoms with Crippen molar-refractivity contribution in [2.45, 2.75) is 64.1 Å². The van der Waals surface area contributed by atoms with E-state index in [0.717, 1.165) is 50.9 Å². The second-order valence-corrected chi connectivity index (χ2v) is 32.2. The van der Waals surface area contributed by atoms with E-state index in [1.807, 2.05) is 42.7 Å². The van der Waals surface area contributed by atoms with Crippen LogP contribution in [0.15, 0.2) is 120 Å². The molecule has 0 fully saturated rings. The van der Waals surface area contributed by atoms with Gasteiger partial charge < -0.3 is 4.98 Å². The average Bonchev–Trinajstić information content (AvgIpc) is 3.46. The first-order chi connectivity index (χ1) is 23.7. The first-order valence-corrected chi connectivity index (χ1v) is 28.4. The molecule has 0 aliphatic rings. The minimum Gasteiger partial charge on any atom is -0.305 e. The van der Waals surface area contributed by atoms with Crippen molar-refractivity contribution in [2.75, 3.05) is 0 Å². The number of hydrogen-bond donors (Lipinski definition) is 0. The maximum atomic E-state index is 6.46. The van der Waals surface area contributed by atoms with Crippen LogP contribution in [0.3, 0.4) is 0 Å². The van der Waals surface area contributed by atoms with E-state index >= 15 is 0 Å². The van der Waals surface area contributed by atoms with E-state index in [2.05, 4.69) is 153 Å². The molecule has 4 aromatic carbocycles. The molecule has 0 amide bonds. The van der Waals surface area contributed by atoms with Crippen molar-refractivity contribution in [3.8, 4) is 33.6 Å². The molecule has 0 unspecified atom stereocenters. The van der Waals surface area contributed by atoms with Gasteiger partial charge in [-0.25, -0.2) is 0 Å². The Kier molecular flexibility index (Phi) is 11.8. The molecule has 0 N–H and O–H groups in total.